The molecule has 0 spiro atoms. The highest BCUT2D eigenvalue weighted by molar-refractivity contribution is 5.93. The number of hydrogen-bond acceptors (Lipinski definition) is 7. The lowest BCUT2D eigenvalue weighted by Crippen LogP contribution is -2.42. The molecule has 1 atom stereocenters. The highest BCUT2D eigenvalue weighted by Crippen LogP contribution is 2.27. The molecule has 0 bridgehead atoms. The number of carbonyl (C=O) groups is 1. The number of anilines is 1. The molecule has 1 saturated heterocycles. The number of fused-ring (bicyclic) bond motifs is 1. The third-order valence-electron chi connectivity index (χ3n) is 5.38. The van der Waals surface area contributed by atoms with Crippen molar-refractivity contribution in [2.45, 2.75) is 31.3 Å². The molecule has 8 nitrogen and oxygen atoms in total. The van der Waals surface area contributed by atoms with Crippen molar-refractivity contribution in [2.24, 2.45) is 0 Å². The first kappa shape index (κ1) is 22.4. The van der Waals surface area contributed by atoms with E-state index in [-0.39, 0.29) is 18.4 Å². The number of nitrogens with zero attached hydrogens (tertiary/aromatic N) is 3. The molecular formula is C21H24F3N5O3. The van der Waals surface area contributed by atoms with Crippen LogP contribution in [0.15, 0.2) is 30.3 Å². The average Bonchev–Trinajstić information content (AvgIpc) is 2.73. The van der Waals surface area contributed by atoms with Gasteiger partial charge in [-0.1, -0.05) is 24.3 Å². The molecule has 2 aliphatic rings. The maximum Gasteiger partial charge on any atom is 0.451 e. The number of halogens is 3. The van der Waals surface area contributed by atoms with Gasteiger partial charge < -0.3 is 20.5 Å². The Kier molecular flexibility index (Phi) is 6.58. The van der Waals surface area contributed by atoms with Gasteiger partial charge in [0.1, 0.15) is 11.5 Å². The van der Waals surface area contributed by atoms with E-state index in [0.29, 0.717) is 26.3 Å². The fourth-order valence-corrected chi connectivity index (χ4v) is 3.67. The summed E-state index contributed by atoms with van der Waals surface area (Å²) in [6, 6.07) is 9.09. The highest BCUT2D eigenvalue weighted by atomic mass is 19.4. The SMILES string of the molecule is O=C(NCC(O)CN1CCc2ccccc2C1)c1cc(NC2COC2)nc(C(F)(F)F)n1. The standard InChI is InChI=1S/C21H24F3N5O3/c22-21(23,24)20-27-17(7-18(28-20)26-15-11-32-12-15)19(31)25-8-16(30)10-29-6-5-13-3-1-2-4-14(13)9-29/h1-4,7,15-16,30H,5-6,8-12H2,(H,25,31)(H,26,27,28). The van der Waals surface area contributed by atoms with Gasteiger partial charge in [-0.15, -0.1) is 0 Å². The molecule has 2 aromatic rings. The number of hydrogen-bond donors (Lipinski definition) is 3. The number of ether oxygens (including phenoxy) is 1. The normalized spacial score (nSPS) is 17.9. The number of β-amino-alcohol motifs (C(OH)–C–C–N with tert-alkyl or cyclic N) is 1. The second-order valence-electron chi connectivity index (χ2n) is 7.96. The lowest BCUT2D eigenvalue weighted by Gasteiger charge is -2.30. The third-order valence-corrected chi connectivity index (χ3v) is 5.38. The summed E-state index contributed by atoms with van der Waals surface area (Å²) in [7, 11) is 0. The van der Waals surface area contributed by atoms with Crippen molar-refractivity contribution < 1.29 is 27.8 Å². The van der Waals surface area contributed by atoms with E-state index in [1.165, 1.54) is 11.1 Å². The number of aliphatic hydroxyl groups is 1. The fraction of sp³-hybridized carbons (Fsp3) is 0.476. The number of amides is 1. The van der Waals surface area contributed by atoms with Gasteiger partial charge in [0.25, 0.3) is 5.91 Å². The molecule has 1 amide bonds. The van der Waals surface area contributed by atoms with E-state index in [1.807, 2.05) is 18.2 Å². The van der Waals surface area contributed by atoms with Gasteiger partial charge in [0.2, 0.25) is 5.82 Å². The Labute approximate surface area is 182 Å². The highest BCUT2D eigenvalue weighted by Gasteiger charge is 2.36. The van der Waals surface area contributed by atoms with Crippen LogP contribution in [-0.2, 0) is 23.9 Å². The van der Waals surface area contributed by atoms with Crippen LogP contribution in [0.2, 0.25) is 0 Å². The Morgan fingerprint density at radius 3 is 2.69 bits per heavy atom. The summed E-state index contributed by atoms with van der Waals surface area (Å²) in [6.45, 7) is 2.40. The summed E-state index contributed by atoms with van der Waals surface area (Å²) in [5, 5.41) is 15.6. The van der Waals surface area contributed by atoms with Crippen molar-refractivity contribution in [1.29, 1.82) is 0 Å². The lowest BCUT2D eigenvalue weighted by molar-refractivity contribution is -0.144. The summed E-state index contributed by atoms with van der Waals surface area (Å²) in [5.74, 6) is -2.31. The summed E-state index contributed by atoms with van der Waals surface area (Å²) < 4.78 is 44.5. The molecule has 2 aliphatic heterocycles. The Morgan fingerprint density at radius 2 is 2.00 bits per heavy atom. The predicted molar refractivity (Wildman–Crippen MR) is 109 cm³/mol. The summed E-state index contributed by atoms with van der Waals surface area (Å²) in [4.78, 5) is 21.4. The van der Waals surface area contributed by atoms with Crippen molar-refractivity contribution >= 4 is 11.7 Å². The molecule has 3 heterocycles. The first-order valence-corrected chi connectivity index (χ1v) is 10.3. The molecule has 1 aromatic carbocycles. The molecule has 1 fully saturated rings. The zero-order chi connectivity index (χ0) is 22.7. The van der Waals surface area contributed by atoms with Gasteiger partial charge >= 0.3 is 6.18 Å². The Balaban J connectivity index is 1.35. The van der Waals surface area contributed by atoms with Gasteiger partial charge in [-0.3, -0.25) is 9.69 Å². The number of nitrogens with one attached hydrogen (secondary N) is 2. The molecule has 1 unspecified atom stereocenters. The van der Waals surface area contributed by atoms with Crippen molar-refractivity contribution in [3.63, 3.8) is 0 Å². The van der Waals surface area contributed by atoms with E-state index in [1.54, 1.807) is 0 Å². The number of aliphatic hydroxyl groups excluding tert-OH is 1. The maximum atomic E-state index is 13.2. The summed E-state index contributed by atoms with van der Waals surface area (Å²) in [6.07, 6.45) is -4.80. The first-order chi connectivity index (χ1) is 15.3. The largest absolute Gasteiger partial charge is 0.451 e. The second kappa shape index (κ2) is 9.39. The summed E-state index contributed by atoms with van der Waals surface area (Å²) in [5.41, 5.74) is 2.07. The van der Waals surface area contributed by atoms with Crippen molar-refractivity contribution in [1.82, 2.24) is 20.2 Å². The molecule has 0 radical (unpaired) electrons. The minimum atomic E-state index is -4.80. The monoisotopic (exact) mass is 451 g/mol. The molecule has 32 heavy (non-hydrogen) atoms. The van der Waals surface area contributed by atoms with Gasteiger partial charge in [-0.05, 0) is 17.5 Å². The van der Waals surface area contributed by atoms with Crippen molar-refractivity contribution in [2.75, 3.05) is 38.2 Å². The third kappa shape index (κ3) is 5.53. The van der Waals surface area contributed by atoms with Crippen LogP contribution in [0.4, 0.5) is 19.0 Å². The van der Waals surface area contributed by atoms with Crippen molar-refractivity contribution in [3.05, 3.63) is 53.0 Å². The fourth-order valence-electron chi connectivity index (χ4n) is 3.67. The van der Waals surface area contributed by atoms with Gasteiger partial charge in [0.05, 0.1) is 25.4 Å². The van der Waals surface area contributed by atoms with Crippen LogP contribution in [0.25, 0.3) is 0 Å². The Bertz CT molecular complexity index is 968. The van der Waals surface area contributed by atoms with Crippen LogP contribution in [0.1, 0.15) is 27.4 Å². The lowest BCUT2D eigenvalue weighted by atomic mass is 10.00. The molecular weight excluding hydrogens is 427 g/mol. The van der Waals surface area contributed by atoms with E-state index < -0.39 is 29.7 Å². The molecule has 0 saturated carbocycles. The number of alkyl halides is 3. The van der Waals surface area contributed by atoms with Gasteiger partial charge in [-0.25, -0.2) is 9.97 Å². The zero-order valence-corrected chi connectivity index (χ0v) is 17.2. The average molecular weight is 451 g/mol. The van der Waals surface area contributed by atoms with Crippen LogP contribution in [-0.4, -0.2) is 70.9 Å². The number of aromatic nitrogens is 2. The second-order valence-corrected chi connectivity index (χ2v) is 7.96. The van der Waals surface area contributed by atoms with Gasteiger partial charge in [-0.2, -0.15) is 13.2 Å². The van der Waals surface area contributed by atoms with E-state index >= 15 is 0 Å². The number of carbonyl (C=O) groups excluding carboxylic acids is 1. The molecule has 11 heteroatoms. The van der Waals surface area contributed by atoms with Crippen LogP contribution in [0.3, 0.4) is 0 Å². The van der Waals surface area contributed by atoms with E-state index in [4.69, 9.17) is 4.74 Å². The quantitative estimate of drug-likeness (QED) is 0.586. The summed E-state index contributed by atoms with van der Waals surface area (Å²) >= 11 is 0. The topological polar surface area (TPSA) is 99.6 Å². The molecule has 0 aliphatic carbocycles. The zero-order valence-electron chi connectivity index (χ0n) is 17.2. The Morgan fingerprint density at radius 1 is 1.25 bits per heavy atom. The van der Waals surface area contributed by atoms with E-state index in [9.17, 15) is 23.1 Å². The maximum absolute atomic E-state index is 13.2. The first-order valence-electron chi connectivity index (χ1n) is 10.3. The molecule has 3 N–H and O–H groups in total. The van der Waals surface area contributed by atoms with E-state index in [0.717, 1.165) is 19.0 Å². The number of rotatable bonds is 7. The minimum absolute atomic E-state index is 0.0988. The Hall–Kier alpha value is -2.76. The van der Waals surface area contributed by atoms with E-state index in [2.05, 4.69) is 31.6 Å². The van der Waals surface area contributed by atoms with Gasteiger partial charge in [0.15, 0.2) is 0 Å². The smallest absolute Gasteiger partial charge is 0.390 e. The van der Waals surface area contributed by atoms with Gasteiger partial charge in [0, 0.05) is 32.2 Å². The molecule has 1 aromatic heterocycles. The number of benzene rings is 1. The predicted octanol–water partition coefficient (Wildman–Crippen LogP) is 1.46. The molecule has 172 valence electrons. The molecule has 4 rings (SSSR count). The van der Waals surface area contributed by atoms with Crippen molar-refractivity contribution in [3.8, 4) is 0 Å². The van der Waals surface area contributed by atoms with Crippen LogP contribution >= 0.6 is 0 Å². The minimum Gasteiger partial charge on any atom is -0.390 e. The van der Waals surface area contributed by atoms with Crippen LogP contribution in [0.5, 0.6) is 0 Å². The van der Waals surface area contributed by atoms with Crippen LogP contribution < -0.4 is 10.6 Å². The van der Waals surface area contributed by atoms with Crippen LogP contribution in [0, 0.1) is 0 Å².